The van der Waals surface area contributed by atoms with Gasteiger partial charge in [-0.25, -0.2) is 19.9 Å². The van der Waals surface area contributed by atoms with Gasteiger partial charge >= 0.3 is 0 Å². The van der Waals surface area contributed by atoms with Gasteiger partial charge in [-0.1, -0.05) is 35.9 Å². The second kappa shape index (κ2) is 11.4. The molecule has 0 amide bonds. The van der Waals surface area contributed by atoms with E-state index in [9.17, 15) is 0 Å². The summed E-state index contributed by atoms with van der Waals surface area (Å²) in [7, 11) is 1.66. The number of hydrogen-bond acceptors (Lipinski definition) is 8. The van der Waals surface area contributed by atoms with Crippen molar-refractivity contribution in [2.45, 2.75) is 19.6 Å². The highest BCUT2D eigenvalue weighted by Crippen LogP contribution is 2.41. The van der Waals surface area contributed by atoms with Crippen LogP contribution in [0.5, 0.6) is 17.4 Å². The van der Waals surface area contributed by atoms with Gasteiger partial charge in [0.05, 0.1) is 25.5 Å². The molecule has 10 heteroatoms. The van der Waals surface area contributed by atoms with Crippen molar-refractivity contribution in [2.75, 3.05) is 12.0 Å². The number of aryl methyl sites for hydroxylation is 1. The summed E-state index contributed by atoms with van der Waals surface area (Å²) in [5, 5.41) is 0.672. The number of nitrogens with two attached hydrogens (primary N) is 1. The quantitative estimate of drug-likeness (QED) is 0.206. The summed E-state index contributed by atoms with van der Waals surface area (Å²) in [4.78, 5) is 20.5. The lowest BCUT2D eigenvalue weighted by Gasteiger charge is -2.33. The van der Waals surface area contributed by atoms with Crippen molar-refractivity contribution in [1.29, 1.82) is 0 Å². The van der Waals surface area contributed by atoms with E-state index in [-0.39, 0.29) is 0 Å². The molecule has 9 nitrogen and oxygen atoms in total. The van der Waals surface area contributed by atoms with Crippen LogP contribution in [-0.2, 0) is 6.54 Å². The maximum Gasteiger partial charge on any atom is 0.228 e. The summed E-state index contributed by atoms with van der Waals surface area (Å²) in [5.74, 6) is 1.90. The third-order valence-corrected chi connectivity index (χ3v) is 7.96. The Kier molecular flexibility index (Phi) is 7.17. The van der Waals surface area contributed by atoms with Gasteiger partial charge < -0.3 is 24.7 Å². The molecule has 1 aliphatic rings. The Morgan fingerprint density at radius 1 is 0.932 bits per heavy atom. The minimum absolute atomic E-state index is 0.413. The summed E-state index contributed by atoms with van der Waals surface area (Å²) < 4.78 is 13.9. The second-order valence-corrected chi connectivity index (χ2v) is 10.9. The number of pyridine rings is 1. The molecule has 0 fully saturated rings. The second-order valence-electron chi connectivity index (χ2n) is 10.4. The summed E-state index contributed by atoms with van der Waals surface area (Å²) in [5.41, 5.74) is 14.3. The zero-order valence-corrected chi connectivity index (χ0v) is 24.8. The molecule has 2 N–H and O–H groups in total. The highest BCUT2D eigenvalue weighted by Gasteiger charge is 2.26. The highest BCUT2D eigenvalue weighted by molar-refractivity contribution is 6.30. The smallest absolute Gasteiger partial charge is 0.228 e. The van der Waals surface area contributed by atoms with Crippen molar-refractivity contribution >= 4 is 34.5 Å². The van der Waals surface area contributed by atoms with Crippen LogP contribution in [0.15, 0.2) is 97.8 Å². The lowest BCUT2D eigenvalue weighted by molar-refractivity contribution is 0.414. The van der Waals surface area contributed by atoms with Crippen molar-refractivity contribution in [3.05, 3.63) is 125 Å². The Hall–Kier alpha value is -5.25. The van der Waals surface area contributed by atoms with Gasteiger partial charge in [0.15, 0.2) is 5.65 Å². The Labute approximate surface area is 259 Å². The molecule has 4 heterocycles. The molecule has 3 aromatic heterocycles. The van der Waals surface area contributed by atoms with E-state index in [0.29, 0.717) is 45.6 Å². The first kappa shape index (κ1) is 27.6. The molecule has 1 unspecified atom stereocenters. The number of benzene rings is 3. The molecular weight excluding hydrogens is 574 g/mol. The Morgan fingerprint density at radius 3 is 2.55 bits per heavy atom. The third kappa shape index (κ3) is 5.02. The van der Waals surface area contributed by atoms with Gasteiger partial charge in [-0.05, 0) is 72.7 Å². The number of fused-ring (bicyclic) bond motifs is 2. The summed E-state index contributed by atoms with van der Waals surface area (Å²) in [6.07, 6.45) is 8.59. The number of aromatic nitrogens is 5. The lowest BCUT2D eigenvalue weighted by Crippen LogP contribution is -2.32. The topological polar surface area (TPSA) is 104 Å². The number of hydrogen-bond donors (Lipinski definition) is 1. The monoisotopic (exact) mass is 601 g/mol. The Morgan fingerprint density at radius 2 is 1.75 bits per heavy atom. The van der Waals surface area contributed by atoms with Crippen molar-refractivity contribution < 1.29 is 9.47 Å². The van der Waals surface area contributed by atoms with Gasteiger partial charge in [-0.15, -0.1) is 0 Å². The Balaban J connectivity index is 1.23. The van der Waals surface area contributed by atoms with E-state index in [1.165, 1.54) is 0 Å². The minimum Gasteiger partial charge on any atom is -0.497 e. The van der Waals surface area contributed by atoms with Crippen LogP contribution in [0.3, 0.4) is 0 Å². The molecule has 7 rings (SSSR count). The first-order valence-corrected chi connectivity index (χ1v) is 14.4. The molecule has 218 valence electrons. The molecule has 6 aromatic rings. The fourth-order valence-electron chi connectivity index (χ4n) is 5.42. The average Bonchev–Trinajstić information content (AvgIpc) is 3.46. The number of anilines is 1. The van der Waals surface area contributed by atoms with E-state index in [4.69, 9.17) is 31.8 Å². The molecule has 0 spiro atoms. The van der Waals surface area contributed by atoms with E-state index >= 15 is 0 Å². The van der Waals surface area contributed by atoms with Gasteiger partial charge in [0.1, 0.15) is 35.2 Å². The number of ether oxygens (including phenoxy) is 2. The van der Waals surface area contributed by atoms with Gasteiger partial charge in [-0.3, -0.25) is 0 Å². The van der Waals surface area contributed by atoms with Gasteiger partial charge in [0.25, 0.3) is 0 Å². The summed E-state index contributed by atoms with van der Waals surface area (Å²) in [6, 6.07) is 23.4. The van der Waals surface area contributed by atoms with Crippen LogP contribution in [0, 0.1) is 6.92 Å². The molecule has 0 saturated heterocycles. The fourth-order valence-corrected chi connectivity index (χ4v) is 5.54. The number of halogens is 1. The number of methoxy groups -OCH3 is 1. The summed E-state index contributed by atoms with van der Waals surface area (Å²) >= 11 is 6.11. The molecule has 0 bridgehead atoms. The first-order chi connectivity index (χ1) is 21.5. The maximum atomic E-state index is 6.76. The van der Waals surface area contributed by atoms with Crippen LogP contribution in [0.4, 0.5) is 5.69 Å². The molecule has 0 aliphatic carbocycles. The van der Waals surface area contributed by atoms with E-state index < -0.39 is 6.17 Å². The number of rotatable bonds is 7. The van der Waals surface area contributed by atoms with Crippen LogP contribution in [0.25, 0.3) is 28.5 Å². The van der Waals surface area contributed by atoms with E-state index in [1.54, 1.807) is 26.0 Å². The maximum absolute atomic E-state index is 6.76. The highest BCUT2D eigenvalue weighted by atomic mass is 35.5. The van der Waals surface area contributed by atoms with Crippen LogP contribution in [0.2, 0.25) is 5.02 Å². The van der Waals surface area contributed by atoms with Gasteiger partial charge in [-0.2, -0.15) is 0 Å². The first-order valence-electron chi connectivity index (χ1n) is 14.0. The molecule has 1 aliphatic heterocycles. The van der Waals surface area contributed by atoms with Gasteiger partial charge in [0, 0.05) is 34.2 Å². The molecular formula is C34H28ClN7O2. The van der Waals surface area contributed by atoms with Crippen molar-refractivity contribution in [3.8, 4) is 28.6 Å². The zero-order chi connectivity index (χ0) is 30.2. The van der Waals surface area contributed by atoms with Crippen LogP contribution in [0.1, 0.15) is 28.4 Å². The fraction of sp³-hybridized carbons (Fsp3) is 0.118. The number of nitrogens with zero attached hydrogens (tertiary/aromatic N) is 6. The van der Waals surface area contributed by atoms with Crippen LogP contribution in [-0.4, -0.2) is 31.6 Å². The lowest BCUT2D eigenvalue weighted by atomic mass is 9.97. The number of imidazole rings is 1. The standard InChI is InChI=1S/C34H28ClN7O2/c1-21-5-14-27-26(15-17-42(32(27)36)24-10-8-23(35)9-11-24)31(21)44-34-28(4-3-16-37-34)29-30-33(39-19-38-29)41(20-40-30)18-22-6-12-25(43-2)13-7-22/h3-17,19-20,32H,18,36H2,1-2H3. The Bertz CT molecular complexity index is 2010. The van der Waals surface area contributed by atoms with Crippen LogP contribution < -0.4 is 20.1 Å². The largest absolute Gasteiger partial charge is 0.497 e. The molecule has 0 saturated carbocycles. The summed E-state index contributed by atoms with van der Waals surface area (Å²) in [6.45, 7) is 2.61. The van der Waals surface area contributed by atoms with Crippen molar-refractivity contribution in [2.24, 2.45) is 5.73 Å². The molecule has 3 aromatic carbocycles. The van der Waals surface area contributed by atoms with Crippen LogP contribution >= 0.6 is 11.6 Å². The van der Waals surface area contributed by atoms with Crippen molar-refractivity contribution in [1.82, 2.24) is 24.5 Å². The zero-order valence-electron chi connectivity index (χ0n) is 24.1. The minimum atomic E-state index is -0.418. The third-order valence-electron chi connectivity index (χ3n) is 7.71. The van der Waals surface area contributed by atoms with Crippen molar-refractivity contribution in [3.63, 3.8) is 0 Å². The normalized spacial score (nSPS) is 14.1. The molecule has 0 radical (unpaired) electrons. The molecule has 1 atom stereocenters. The predicted molar refractivity (Wildman–Crippen MR) is 172 cm³/mol. The average molecular weight is 602 g/mol. The van der Waals surface area contributed by atoms with E-state index in [1.807, 2.05) is 101 Å². The van der Waals surface area contributed by atoms with E-state index in [2.05, 4.69) is 15.0 Å². The van der Waals surface area contributed by atoms with Gasteiger partial charge in [0.2, 0.25) is 5.88 Å². The SMILES string of the molecule is COc1ccc(Cn2cnc3c(-c4cccnc4Oc4c(C)ccc5c4C=CN(c4ccc(Cl)cc4)C5N)ncnc32)cc1. The van der Waals surface area contributed by atoms with E-state index in [0.717, 1.165) is 33.7 Å². The molecule has 44 heavy (non-hydrogen) atoms. The predicted octanol–water partition coefficient (Wildman–Crippen LogP) is 7.15.